The molecule has 0 bridgehead atoms. The van der Waals surface area contributed by atoms with E-state index in [-0.39, 0.29) is 0 Å². The highest BCUT2D eigenvalue weighted by Gasteiger charge is 2.16. The third-order valence-corrected chi connectivity index (χ3v) is 2.14. The van der Waals surface area contributed by atoms with Crippen LogP contribution in [0.15, 0.2) is 6.20 Å². The molecule has 0 saturated heterocycles. The topological polar surface area (TPSA) is 62.6 Å². The normalized spacial score (nSPS) is 10.4. The molecule has 1 rings (SSSR count). The van der Waals surface area contributed by atoms with E-state index in [0.717, 1.165) is 0 Å². The Morgan fingerprint density at radius 2 is 2.19 bits per heavy atom. The molecule has 0 N–H and O–H groups in total. The second-order valence-corrected chi connectivity index (χ2v) is 3.17. The molecule has 0 aliphatic heterocycles. The summed E-state index contributed by atoms with van der Waals surface area (Å²) in [5.74, 6) is -0.404. The van der Waals surface area contributed by atoms with Crippen LogP contribution in [0.1, 0.15) is 16.1 Å². The van der Waals surface area contributed by atoms with Crippen molar-refractivity contribution >= 4 is 5.97 Å². The first kappa shape index (κ1) is 12.7. The predicted octanol–water partition coefficient (Wildman–Crippen LogP) is 0.370. The van der Waals surface area contributed by atoms with Gasteiger partial charge in [-0.05, 0) is 0 Å². The van der Waals surface area contributed by atoms with Crippen molar-refractivity contribution in [3.63, 3.8) is 0 Å². The van der Waals surface area contributed by atoms with E-state index < -0.39 is 5.97 Å². The maximum atomic E-state index is 11.4. The third kappa shape index (κ3) is 3.04. The maximum Gasteiger partial charge on any atom is 0.341 e. The van der Waals surface area contributed by atoms with Crippen molar-refractivity contribution in [2.24, 2.45) is 7.05 Å². The van der Waals surface area contributed by atoms with Gasteiger partial charge in [0.2, 0.25) is 0 Å². The smallest absolute Gasteiger partial charge is 0.341 e. The molecule has 0 unspecified atom stereocenters. The highest BCUT2D eigenvalue weighted by molar-refractivity contribution is 5.90. The molecule has 1 aromatic rings. The SMILES string of the molecule is COCCOCc1c(C(=O)OC)cnn1C. The van der Waals surface area contributed by atoms with Crippen molar-refractivity contribution in [3.05, 3.63) is 17.5 Å². The zero-order chi connectivity index (χ0) is 12.0. The van der Waals surface area contributed by atoms with E-state index >= 15 is 0 Å². The van der Waals surface area contributed by atoms with E-state index in [9.17, 15) is 4.79 Å². The number of aromatic nitrogens is 2. The molecular formula is C10H16N2O4. The molecule has 0 aromatic carbocycles. The Morgan fingerprint density at radius 1 is 1.44 bits per heavy atom. The Bertz CT molecular complexity index is 349. The highest BCUT2D eigenvalue weighted by atomic mass is 16.5. The van der Waals surface area contributed by atoms with Crippen LogP contribution in [0.3, 0.4) is 0 Å². The van der Waals surface area contributed by atoms with Crippen molar-refractivity contribution in [2.75, 3.05) is 27.4 Å². The van der Waals surface area contributed by atoms with Gasteiger partial charge in [-0.3, -0.25) is 4.68 Å². The van der Waals surface area contributed by atoms with Crippen LogP contribution in [0.25, 0.3) is 0 Å². The fourth-order valence-electron chi connectivity index (χ4n) is 1.23. The standard InChI is InChI=1S/C10H16N2O4/c1-12-9(7-16-5-4-14-2)8(6-11-12)10(13)15-3/h6H,4-5,7H2,1-3H3. The summed E-state index contributed by atoms with van der Waals surface area (Å²) < 4.78 is 16.4. The van der Waals surface area contributed by atoms with Crippen LogP contribution >= 0.6 is 0 Å². The summed E-state index contributed by atoms with van der Waals surface area (Å²) in [7, 11) is 4.69. The lowest BCUT2D eigenvalue weighted by Crippen LogP contribution is -2.10. The van der Waals surface area contributed by atoms with Gasteiger partial charge in [0.15, 0.2) is 0 Å². The van der Waals surface area contributed by atoms with Gasteiger partial charge in [0, 0.05) is 14.2 Å². The minimum Gasteiger partial charge on any atom is -0.465 e. The average Bonchev–Trinajstić information content (AvgIpc) is 2.65. The van der Waals surface area contributed by atoms with Gasteiger partial charge >= 0.3 is 5.97 Å². The molecule has 0 radical (unpaired) electrons. The molecule has 1 aromatic heterocycles. The molecule has 0 amide bonds. The van der Waals surface area contributed by atoms with Gasteiger partial charge in [-0.25, -0.2) is 4.79 Å². The van der Waals surface area contributed by atoms with Crippen molar-refractivity contribution < 1.29 is 19.0 Å². The van der Waals surface area contributed by atoms with Crippen LogP contribution in [0.5, 0.6) is 0 Å². The summed E-state index contributed by atoms with van der Waals surface area (Å²) in [6.45, 7) is 1.30. The third-order valence-electron chi connectivity index (χ3n) is 2.14. The van der Waals surface area contributed by atoms with Crippen molar-refractivity contribution in [1.82, 2.24) is 9.78 Å². The first-order valence-electron chi connectivity index (χ1n) is 4.86. The first-order valence-corrected chi connectivity index (χ1v) is 4.86. The number of hydrogen-bond donors (Lipinski definition) is 0. The Balaban J connectivity index is 2.63. The minimum atomic E-state index is -0.404. The highest BCUT2D eigenvalue weighted by Crippen LogP contribution is 2.10. The van der Waals surface area contributed by atoms with Gasteiger partial charge in [-0.15, -0.1) is 0 Å². The lowest BCUT2D eigenvalue weighted by atomic mass is 10.2. The Morgan fingerprint density at radius 3 is 2.81 bits per heavy atom. The molecule has 1 heterocycles. The number of rotatable bonds is 6. The van der Waals surface area contributed by atoms with Gasteiger partial charge in [0.1, 0.15) is 5.56 Å². The van der Waals surface area contributed by atoms with E-state index in [0.29, 0.717) is 31.1 Å². The molecule has 0 saturated carbocycles. The fraction of sp³-hybridized carbons (Fsp3) is 0.600. The molecular weight excluding hydrogens is 212 g/mol. The molecule has 0 fully saturated rings. The van der Waals surface area contributed by atoms with Gasteiger partial charge in [-0.2, -0.15) is 5.10 Å². The number of nitrogens with zero attached hydrogens (tertiary/aromatic N) is 2. The number of hydrogen-bond acceptors (Lipinski definition) is 5. The summed E-state index contributed by atoms with van der Waals surface area (Å²) >= 11 is 0. The number of methoxy groups -OCH3 is 2. The lowest BCUT2D eigenvalue weighted by Gasteiger charge is -2.06. The number of ether oxygens (including phenoxy) is 3. The summed E-state index contributed by atoms with van der Waals surface area (Å²) in [4.78, 5) is 11.4. The zero-order valence-electron chi connectivity index (χ0n) is 9.73. The van der Waals surface area contributed by atoms with Crippen molar-refractivity contribution in [2.45, 2.75) is 6.61 Å². The summed E-state index contributed by atoms with van der Waals surface area (Å²) in [5.41, 5.74) is 1.13. The van der Waals surface area contributed by atoms with Crippen LogP contribution in [0.2, 0.25) is 0 Å². The molecule has 6 heteroatoms. The number of carbonyl (C=O) groups is 1. The first-order chi connectivity index (χ1) is 7.70. The van der Waals surface area contributed by atoms with Crippen molar-refractivity contribution in [1.29, 1.82) is 0 Å². The van der Waals surface area contributed by atoms with Gasteiger partial charge in [0.25, 0.3) is 0 Å². The van der Waals surface area contributed by atoms with E-state index in [4.69, 9.17) is 9.47 Å². The second kappa shape index (κ2) is 6.24. The molecule has 90 valence electrons. The van der Waals surface area contributed by atoms with Crippen LogP contribution in [-0.2, 0) is 27.9 Å². The van der Waals surface area contributed by atoms with E-state index in [2.05, 4.69) is 9.84 Å². The monoisotopic (exact) mass is 228 g/mol. The molecule has 0 spiro atoms. The number of aryl methyl sites for hydroxylation is 1. The quantitative estimate of drug-likeness (QED) is 0.520. The Labute approximate surface area is 94.1 Å². The van der Waals surface area contributed by atoms with Crippen LogP contribution in [0.4, 0.5) is 0 Å². The van der Waals surface area contributed by atoms with E-state index in [1.807, 2.05) is 0 Å². The molecule has 6 nitrogen and oxygen atoms in total. The summed E-state index contributed by atoms with van der Waals surface area (Å²) in [5, 5.41) is 3.99. The summed E-state index contributed by atoms with van der Waals surface area (Å²) in [6, 6.07) is 0. The summed E-state index contributed by atoms with van der Waals surface area (Å²) in [6.07, 6.45) is 1.47. The van der Waals surface area contributed by atoms with Crippen molar-refractivity contribution in [3.8, 4) is 0 Å². The molecule has 0 aliphatic carbocycles. The lowest BCUT2D eigenvalue weighted by molar-refractivity contribution is 0.0537. The van der Waals surface area contributed by atoms with Crippen LogP contribution in [-0.4, -0.2) is 43.2 Å². The number of carbonyl (C=O) groups excluding carboxylic acids is 1. The van der Waals surface area contributed by atoms with Crippen LogP contribution < -0.4 is 0 Å². The number of esters is 1. The maximum absolute atomic E-state index is 11.4. The molecule has 0 aliphatic rings. The van der Waals surface area contributed by atoms with Gasteiger partial charge < -0.3 is 14.2 Å². The predicted molar refractivity (Wildman–Crippen MR) is 56.1 cm³/mol. The Hall–Kier alpha value is -1.40. The van der Waals surface area contributed by atoms with Crippen LogP contribution in [0, 0.1) is 0 Å². The largest absolute Gasteiger partial charge is 0.465 e. The van der Waals surface area contributed by atoms with Gasteiger partial charge in [-0.1, -0.05) is 0 Å². The van der Waals surface area contributed by atoms with E-state index in [1.165, 1.54) is 13.3 Å². The van der Waals surface area contributed by atoms with E-state index in [1.54, 1.807) is 18.8 Å². The second-order valence-electron chi connectivity index (χ2n) is 3.17. The molecule has 0 atom stereocenters. The fourth-order valence-corrected chi connectivity index (χ4v) is 1.23. The van der Waals surface area contributed by atoms with Gasteiger partial charge in [0.05, 0.1) is 38.8 Å². The zero-order valence-corrected chi connectivity index (χ0v) is 9.73. The molecule has 16 heavy (non-hydrogen) atoms. The Kier molecular flexibility index (Phi) is 4.94. The minimum absolute atomic E-state index is 0.310. The average molecular weight is 228 g/mol.